The second-order valence-electron chi connectivity index (χ2n) is 4.73. The van der Waals surface area contributed by atoms with E-state index in [0.29, 0.717) is 11.3 Å². The van der Waals surface area contributed by atoms with Gasteiger partial charge < -0.3 is 0 Å². The molecular formula is C15H9ClF3NOS. The molecule has 1 atom stereocenters. The van der Waals surface area contributed by atoms with Gasteiger partial charge in [0.1, 0.15) is 22.8 Å². The van der Waals surface area contributed by atoms with Crippen molar-refractivity contribution in [2.24, 2.45) is 0 Å². The van der Waals surface area contributed by atoms with Gasteiger partial charge in [-0.3, -0.25) is 9.69 Å². The molecule has 1 heterocycles. The number of benzene rings is 2. The van der Waals surface area contributed by atoms with Crippen molar-refractivity contribution in [3.05, 3.63) is 64.4 Å². The van der Waals surface area contributed by atoms with Crippen LogP contribution in [0.25, 0.3) is 0 Å². The van der Waals surface area contributed by atoms with Crippen molar-refractivity contribution in [3.8, 4) is 0 Å². The zero-order valence-corrected chi connectivity index (χ0v) is 12.6. The van der Waals surface area contributed by atoms with Gasteiger partial charge in [0.2, 0.25) is 5.91 Å². The average molecular weight is 344 g/mol. The largest absolute Gasteiger partial charge is 0.295 e. The monoisotopic (exact) mass is 343 g/mol. The first-order valence-electron chi connectivity index (χ1n) is 6.30. The molecule has 22 heavy (non-hydrogen) atoms. The Morgan fingerprint density at radius 2 is 1.77 bits per heavy atom. The molecule has 1 unspecified atom stereocenters. The first-order chi connectivity index (χ1) is 10.5. The van der Waals surface area contributed by atoms with E-state index in [0.717, 1.165) is 12.1 Å². The summed E-state index contributed by atoms with van der Waals surface area (Å²) in [4.78, 5) is 13.5. The maximum Gasteiger partial charge on any atom is 0.238 e. The molecule has 0 aliphatic carbocycles. The Kier molecular flexibility index (Phi) is 4.06. The Bertz CT molecular complexity index is 735. The molecule has 0 saturated carbocycles. The summed E-state index contributed by atoms with van der Waals surface area (Å²) in [5, 5.41) is -0.703. The van der Waals surface area contributed by atoms with Gasteiger partial charge in [-0.25, -0.2) is 13.2 Å². The smallest absolute Gasteiger partial charge is 0.238 e. The number of hydrogen-bond donors (Lipinski definition) is 0. The third-order valence-corrected chi connectivity index (χ3v) is 4.72. The molecular weight excluding hydrogens is 335 g/mol. The third kappa shape index (κ3) is 2.80. The van der Waals surface area contributed by atoms with E-state index in [9.17, 15) is 18.0 Å². The zero-order valence-electron chi connectivity index (χ0n) is 11.0. The molecule has 1 aliphatic heterocycles. The van der Waals surface area contributed by atoms with Crippen LogP contribution >= 0.6 is 23.4 Å². The minimum absolute atomic E-state index is 0.119. The highest BCUT2D eigenvalue weighted by atomic mass is 35.5. The van der Waals surface area contributed by atoms with Crippen molar-refractivity contribution in [3.63, 3.8) is 0 Å². The molecule has 2 aromatic rings. The van der Waals surface area contributed by atoms with Crippen molar-refractivity contribution in [1.82, 2.24) is 0 Å². The van der Waals surface area contributed by atoms with E-state index in [1.54, 1.807) is 0 Å². The molecule has 7 heteroatoms. The van der Waals surface area contributed by atoms with Crippen LogP contribution < -0.4 is 4.90 Å². The highest BCUT2D eigenvalue weighted by Gasteiger charge is 2.34. The maximum absolute atomic E-state index is 13.4. The normalized spacial score (nSPS) is 18.1. The molecule has 0 radical (unpaired) electrons. The molecule has 1 fully saturated rings. The van der Waals surface area contributed by atoms with E-state index < -0.39 is 22.8 Å². The van der Waals surface area contributed by atoms with Gasteiger partial charge in [0.05, 0.1) is 10.8 Å². The standard InChI is InChI=1S/C15H9ClF3NOS/c16-12-6-11(1-2-13(12)19)20-14(21)7-22-15(20)8-3-9(17)5-10(18)4-8/h1-6,15H,7H2. The number of anilines is 1. The lowest BCUT2D eigenvalue weighted by Gasteiger charge is -2.24. The summed E-state index contributed by atoms with van der Waals surface area (Å²) in [5.41, 5.74) is 0.713. The third-order valence-electron chi connectivity index (χ3n) is 3.22. The van der Waals surface area contributed by atoms with E-state index >= 15 is 0 Å². The number of hydrogen-bond acceptors (Lipinski definition) is 2. The summed E-state index contributed by atoms with van der Waals surface area (Å²) in [6, 6.07) is 7.01. The van der Waals surface area contributed by atoms with Crippen molar-refractivity contribution in [2.45, 2.75) is 5.37 Å². The lowest BCUT2D eigenvalue weighted by atomic mass is 10.1. The minimum atomic E-state index is -0.716. The van der Waals surface area contributed by atoms with Gasteiger partial charge in [-0.05, 0) is 35.9 Å². The van der Waals surface area contributed by atoms with Gasteiger partial charge >= 0.3 is 0 Å². The molecule has 114 valence electrons. The molecule has 1 aliphatic rings. The Hall–Kier alpha value is -1.66. The van der Waals surface area contributed by atoms with Crippen LogP contribution in [-0.4, -0.2) is 11.7 Å². The number of rotatable bonds is 2. The van der Waals surface area contributed by atoms with Crippen molar-refractivity contribution in [2.75, 3.05) is 10.7 Å². The highest BCUT2D eigenvalue weighted by molar-refractivity contribution is 8.00. The first kappa shape index (κ1) is 15.2. The molecule has 2 aromatic carbocycles. The Morgan fingerprint density at radius 3 is 2.41 bits per heavy atom. The predicted octanol–water partition coefficient (Wildman–Crippen LogP) is 4.54. The molecule has 0 spiro atoms. The van der Waals surface area contributed by atoms with Crippen molar-refractivity contribution in [1.29, 1.82) is 0 Å². The summed E-state index contributed by atoms with van der Waals surface area (Å²) in [5.74, 6) is -2.10. The van der Waals surface area contributed by atoms with Crippen LogP contribution in [0.4, 0.5) is 18.9 Å². The van der Waals surface area contributed by atoms with Crippen LogP contribution in [0.2, 0.25) is 5.02 Å². The maximum atomic E-state index is 13.4. The topological polar surface area (TPSA) is 20.3 Å². The van der Waals surface area contributed by atoms with Gasteiger partial charge in [-0.2, -0.15) is 0 Å². The predicted molar refractivity (Wildman–Crippen MR) is 80.5 cm³/mol. The molecule has 0 aromatic heterocycles. The summed E-state index contributed by atoms with van der Waals surface area (Å²) < 4.78 is 40.1. The minimum Gasteiger partial charge on any atom is -0.295 e. The van der Waals surface area contributed by atoms with Crippen LogP contribution in [-0.2, 0) is 4.79 Å². The number of carbonyl (C=O) groups excluding carboxylic acids is 1. The fourth-order valence-corrected chi connectivity index (χ4v) is 3.63. The second kappa shape index (κ2) is 5.85. The SMILES string of the molecule is O=C1CSC(c2cc(F)cc(F)c2)N1c1ccc(F)c(Cl)c1. The Balaban J connectivity index is 2.03. The quantitative estimate of drug-likeness (QED) is 0.798. The second-order valence-corrected chi connectivity index (χ2v) is 6.20. The van der Waals surface area contributed by atoms with E-state index in [1.807, 2.05) is 0 Å². The molecule has 1 saturated heterocycles. The fourth-order valence-electron chi connectivity index (χ4n) is 2.30. The average Bonchev–Trinajstić information content (AvgIpc) is 2.83. The number of halogens is 4. The number of amides is 1. The van der Waals surface area contributed by atoms with Crippen LogP contribution in [0.1, 0.15) is 10.9 Å². The number of carbonyl (C=O) groups is 1. The lowest BCUT2D eigenvalue weighted by molar-refractivity contribution is -0.115. The van der Waals surface area contributed by atoms with Crippen molar-refractivity contribution >= 4 is 35.0 Å². The van der Waals surface area contributed by atoms with Crippen LogP contribution in [0.3, 0.4) is 0 Å². The van der Waals surface area contributed by atoms with Crippen LogP contribution in [0.15, 0.2) is 36.4 Å². The van der Waals surface area contributed by atoms with E-state index in [4.69, 9.17) is 11.6 Å². The molecule has 0 N–H and O–H groups in total. The number of thioether (sulfide) groups is 1. The summed E-state index contributed by atoms with van der Waals surface area (Å²) in [6.45, 7) is 0. The molecule has 1 amide bonds. The molecule has 3 rings (SSSR count). The Labute approximate surface area is 133 Å². The molecule has 2 nitrogen and oxygen atoms in total. The van der Waals surface area contributed by atoms with Gasteiger partial charge in [0.25, 0.3) is 0 Å². The Morgan fingerprint density at radius 1 is 1.09 bits per heavy atom. The van der Waals surface area contributed by atoms with Crippen molar-refractivity contribution < 1.29 is 18.0 Å². The van der Waals surface area contributed by atoms with Gasteiger partial charge in [-0.1, -0.05) is 11.6 Å². The van der Waals surface area contributed by atoms with Crippen LogP contribution in [0, 0.1) is 17.5 Å². The highest BCUT2D eigenvalue weighted by Crippen LogP contribution is 2.42. The summed E-state index contributed by atoms with van der Waals surface area (Å²) in [6.07, 6.45) is 0. The molecule has 0 bridgehead atoms. The van der Waals surface area contributed by atoms with E-state index in [1.165, 1.54) is 40.9 Å². The van der Waals surface area contributed by atoms with E-state index in [2.05, 4.69) is 0 Å². The van der Waals surface area contributed by atoms with Gasteiger partial charge in [0.15, 0.2) is 0 Å². The van der Waals surface area contributed by atoms with E-state index in [-0.39, 0.29) is 16.7 Å². The summed E-state index contributed by atoms with van der Waals surface area (Å²) >= 11 is 6.98. The zero-order chi connectivity index (χ0) is 15.9. The number of nitrogens with zero attached hydrogens (tertiary/aromatic N) is 1. The summed E-state index contributed by atoms with van der Waals surface area (Å²) in [7, 11) is 0. The van der Waals surface area contributed by atoms with Gasteiger partial charge in [0, 0.05) is 11.8 Å². The van der Waals surface area contributed by atoms with Gasteiger partial charge in [-0.15, -0.1) is 11.8 Å². The van der Waals surface area contributed by atoms with Crippen LogP contribution in [0.5, 0.6) is 0 Å². The first-order valence-corrected chi connectivity index (χ1v) is 7.73. The fraction of sp³-hybridized carbons (Fsp3) is 0.133. The lowest BCUT2D eigenvalue weighted by Crippen LogP contribution is -2.28.